The largest absolute Gasteiger partial charge is 0.465 e. The summed E-state index contributed by atoms with van der Waals surface area (Å²) in [7, 11) is 1.37. The Bertz CT molecular complexity index is 1140. The van der Waals surface area contributed by atoms with E-state index in [1.165, 1.54) is 7.11 Å². The van der Waals surface area contributed by atoms with Gasteiger partial charge in [0, 0.05) is 18.7 Å². The van der Waals surface area contributed by atoms with Crippen molar-refractivity contribution in [2.45, 2.75) is 32.4 Å². The molecule has 0 saturated heterocycles. The lowest BCUT2D eigenvalue weighted by Crippen LogP contribution is -2.43. The van der Waals surface area contributed by atoms with Crippen LogP contribution in [-0.2, 0) is 9.53 Å². The van der Waals surface area contributed by atoms with E-state index in [0.717, 1.165) is 34.6 Å². The first-order valence-electron chi connectivity index (χ1n) is 10.5. The molecule has 1 aliphatic heterocycles. The van der Waals surface area contributed by atoms with Crippen molar-refractivity contribution in [2.75, 3.05) is 23.1 Å². The minimum absolute atomic E-state index is 0.0120. The predicted molar refractivity (Wildman–Crippen MR) is 125 cm³/mol. The number of hydrogen-bond donors (Lipinski definition) is 2. The summed E-state index contributed by atoms with van der Waals surface area (Å²) < 4.78 is 4.78. The van der Waals surface area contributed by atoms with E-state index < -0.39 is 0 Å². The summed E-state index contributed by atoms with van der Waals surface area (Å²) in [6.07, 6.45) is 2.36. The maximum absolute atomic E-state index is 12.4. The maximum atomic E-state index is 12.4. The monoisotopic (exact) mass is 430 g/mol. The van der Waals surface area contributed by atoms with Crippen molar-refractivity contribution < 1.29 is 14.3 Å². The number of ether oxygens (including phenoxy) is 1. The van der Waals surface area contributed by atoms with E-state index in [1.54, 1.807) is 25.3 Å². The maximum Gasteiger partial charge on any atom is 0.337 e. The second kappa shape index (κ2) is 8.70. The molecule has 164 valence electrons. The van der Waals surface area contributed by atoms with Crippen LogP contribution in [0.25, 0.3) is 11.1 Å². The van der Waals surface area contributed by atoms with Crippen LogP contribution < -0.4 is 16.0 Å². The Morgan fingerprint density at radius 2 is 1.81 bits per heavy atom. The molecule has 2 heterocycles. The van der Waals surface area contributed by atoms with E-state index in [4.69, 9.17) is 10.5 Å². The molecular weight excluding hydrogens is 404 g/mol. The molecule has 0 radical (unpaired) electrons. The first kappa shape index (κ1) is 21.4. The molecule has 7 nitrogen and oxygen atoms in total. The first-order valence-corrected chi connectivity index (χ1v) is 10.5. The lowest BCUT2D eigenvalue weighted by atomic mass is 9.89. The van der Waals surface area contributed by atoms with Gasteiger partial charge < -0.3 is 20.7 Å². The molecule has 1 amide bonds. The molecule has 7 heteroatoms. The minimum Gasteiger partial charge on any atom is -0.465 e. The molecule has 2 unspecified atom stereocenters. The first-order chi connectivity index (χ1) is 15.4. The molecule has 2 aromatic carbocycles. The van der Waals surface area contributed by atoms with E-state index in [9.17, 15) is 9.59 Å². The van der Waals surface area contributed by atoms with Gasteiger partial charge in [0.25, 0.3) is 0 Å². The van der Waals surface area contributed by atoms with Crippen LogP contribution in [0.15, 0.2) is 60.8 Å². The highest BCUT2D eigenvalue weighted by Crippen LogP contribution is 2.41. The van der Waals surface area contributed by atoms with Crippen LogP contribution in [0.1, 0.15) is 42.2 Å². The standard InChI is InChI=1S/C25H26N4O3/c1-15-12-22(28-24-11-9-20(26)14-27-24)21-13-19(8-10-23(21)29(15)16(2)30)17-4-6-18(7-5-17)25(31)32-3/h4-11,13-15,22H,12,26H2,1-3H3,(H,27,28). The van der Waals surface area contributed by atoms with Crippen LogP contribution in [0, 0.1) is 0 Å². The number of nitrogens with two attached hydrogens (primary N) is 1. The van der Waals surface area contributed by atoms with Crippen LogP contribution in [0.2, 0.25) is 0 Å². The van der Waals surface area contributed by atoms with Gasteiger partial charge in [-0.1, -0.05) is 18.2 Å². The topological polar surface area (TPSA) is 97.5 Å². The van der Waals surface area contributed by atoms with Crippen molar-refractivity contribution in [2.24, 2.45) is 0 Å². The van der Waals surface area contributed by atoms with Gasteiger partial charge in [-0.15, -0.1) is 0 Å². The summed E-state index contributed by atoms with van der Waals surface area (Å²) in [5.74, 6) is 0.373. The normalized spacial score (nSPS) is 17.4. The molecule has 2 atom stereocenters. The Kier molecular flexibility index (Phi) is 5.81. The molecule has 1 aromatic heterocycles. The lowest BCUT2D eigenvalue weighted by Gasteiger charge is -2.39. The molecule has 3 aromatic rings. The highest BCUT2D eigenvalue weighted by Gasteiger charge is 2.32. The third-order valence-corrected chi connectivity index (χ3v) is 5.77. The highest BCUT2D eigenvalue weighted by atomic mass is 16.5. The molecular formula is C25H26N4O3. The van der Waals surface area contributed by atoms with Crippen LogP contribution in [-0.4, -0.2) is 30.0 Å². The number of carbonyl (C=O) groups is 2. The number of amides is 1. The molecule has 1 aliphatic rings. The number of rotatable bonds is 4. The van der Waals surface area contributed by atoms with Gasteiger partial charge in [-0.25, -0.2) is 9.78 Å². The number of benzene rings is 2. The average molecular weight is 431 g/mol. The van der Waals surface area contributed by atoms with Crippen molar-refractivity contribution in [3.8, 4) is 11.1 Å². The van der Waals surface area contributed by atoms with Crippen molar-refractivity contribution in [3.63, 3.8) is 0 Å². The van der Waals surface area contributed by atoms with Crippen molar-refractivity contribution in [3.05, 3.63) is 71.9 Å². The number of nitrogens with one attached hydrogen (secondary N) is 1. The second-order valence-corrected chi connectivity index (χ2v) is 7.99. The summed E-state index contributed by atoms with van der Waals surface area (Å²) in [6.45, 7) is 3.64. The SMILES string of the molecule is COC(=O)c1ccc(-c2ccc3c(c2)C(Nc2ccc(N)cn2)CC(C)N3C(C)=O)cc1. The molecule has 0 saturated carbocycles. The number of carbonyl (C=O) groups excluding carboxylic acids is 2. The minimum atomic E-state index is -0.367. The number of esters is 1. The molecule has 0 aliphatic carbocycles. The molecule has 0 spiro atoms. The van der Waals surface area contributed by atoms with E-state index in [1.807, 2.05) is 41.3 Å². The van der Waals surface area contributed by atoms with Crippen molar-refractivity contribution in [1.82, 2.24) is 4.98 Å². The molecule has 4 rings (SSSR count). The Hall–Kier alpha value is -3.87. The van der Waals surface area contributed by atoms with Crippen molar-refractivity contribution in [1.29, 1.82) is 0 Å². The van der Waals surface area contributed by atoms with E-state index in [0.29, 0.717) is 11.3 Å². The fourth-order valence-electron chi connectivity index (χ4n) is 4.25. The van der Waals surface area contributed by atoms with Crippen LogP contribution in [0.5, 0.6) is 0 Å². The second-order valence-electron chi connectivity index (χ2n) is 7.99. The summed E-state index contributed by atoms with van der Waals surface area (Å²) in [5, 5.41) is 3.50. The third kappa shape index (κ3) is 4.14. The highest BCUT2D eigenvalue weighted by molar-refractivity contribution is 5.94. The molecule has 32 heavy (non-hydrogen) atoms. The number of hydrogen-bond acceptors (Lipinski definition) is 6. The Morgan fingerprint density at radius 3 is 2.44 bits per heavy atom. The zero-order valence-corrected chi connectivity index (χ0v) is 18.3. The summed E-state index contributed by atoms with van der Waals surface area (Å²) in [5.41, 5.74) is 10.7. The Balaban J connectivity index is 1.73. The van der Waals surface area contributed by atoms with Crippen molar-refractivity contribution >= 4 is 29.1 Å². The summed E-state index contributed by atoms with van der Waals surface area (Å²) in [6, 6.07) is 17.0. The fourth-order valence-corrected chi connectivity index (χ4v) is 4.25. The van der Waals surface area contributed by atoms with Gasteiger partial charge in [-0.05, 0) is 66.4 Å². The van der Waals surface area contributed by atoms with Gasteiger partial charge in [-0.2, -0.15) is 0 Å². The summed E-state index contributed by atoms with van der Waals surface area (Å²) >= 11 is 0. The van der Waals surface area contributed by atoms with Crippen LogP contribution >= 0.6 is 0 Å². The number of nitrogens with zero attached hydrogens (tertiary/aromatic N) is 2. The third-order valence-electron chi connectivity index (χ3n) is 5.77. The van der Waals surface area contributed by atoms with Gasteiger partial charge in [0.1, 0.15) is 5.82 Å². The quantitative estimate of drug-likeness (QED) is 0.595. The lowest BCUT2D eigenvalue weighted by molar-refractivity contribution is -0.117. The number of anilines is 3. The van der Waals surface area contributed by atoms with Gasteiger partial charge in [0.05, 0.1) is 30.6 Å². The zero-order chi connectivity index (χ0) is 22.8. The number of aromatic nitrogens is 1. The molecule has 0 bridgehead atoms. The van der Waals surface area contributed by atoms with Gasteiger partial charge in [-0.3, -0.25) is 4.79 Å². The smallest absolute Gasteiger partial charge is 0.337 e. The number of methoxy groups -OCH3 is 1. The molecule has 0 fully saturated rings. The number of nitrogen functional groups attached to an aromatic ring is 1. The van der Waals surface area contributed by atoms with Gasteiger partial charge >= 0.3 is 5.97 Å². The zero-order valence-electron chi connectivity index (χ0n) is 18.3. The average Bonchev–Trinajstić information content (AvgIpc) is 2.79. The van der Waals surface area contributed by atoms with E-state index >= 15 is 0 Å². The van der Waals surface area contributed by atoms with Crippen LogP contribution in [0.3, 0.4) is 0 Å². The van der Waals surface area contributed by atoms with Gasteiger partial charge in [0.2, 0.25) is 5.91 Å². The van der Waals surface area contributed by atoms with E-state index in [2.05, 4.69) is 23.3 Å². The fraction of sp³-hybridized carbons (Fsp3) is 0.240. The summed E-state index contributed by atoms with van der Waals surface area (Å²) in [4.78, 5) is 30.4. The number of fused-ring (bicyclic) bond motifs is 1. The Labute approximate surface area is 187 Å². The molecule has 3 N–H and O–H groups in total. The predicted octanol–water partition coefficient (Wildman–Crippen LogP) is 4.42. The Morgan fingerprint density at radius 1 is 1.09 bits per heavy atom. The van der Waals surface area contributed by atoms with Crippen LogP contribution in [0.4, 0.5) is 17.2 Å². The number of pyridine rings is 1. The van der Waals surface area contributed by atoms with E-state index in [-0.39, 0.29) is 24.0 Å². The van der Waals surface area contributed by atoms with Gasteiger partial charge in [0.15, 0.2) is 0 Å².